The summed E-state index contributed by atoms with van der Waals surface area (Å²) in [6.45, 7) is 3.22. The number of benzene rings is 1. The molecule has 0 fully saturated rings. The summed E-state index contributed by atoms with van der Waals surface area (Å²) in [5, 5.41) is 11.1. The molecule has 0 radical (unpaired) electrons. The van der Waals surface area contributed by atoms with Crippen LogP contribution in [0.3, 0.4) is 0 Å². The predicted octanol–water partition coefficient (Wildman–Crippen LogP) is 1.96. The summed E-state index contributed by atoms with van der Waals surface area (Å²) in [5.41, 5.74) is 1.28. The van der Waals surface area contributed by atoms with Crippen LogP contribution in [0.2, 0.25) is 0 Å². The topological polar surface area (TPSA) is 66.4 Å². The van der Waals surface area contributed by atoms with E-state index >= 15 is 0 Å². The highest BCUT2D eigenvalue weighted by atomic mass is 79.9. The smallest absolute Gasteiger partial charge is 0.325 e. The Labute approximate surface area is 102 Å². The number of rotatable bonds is 3. The average molecular weight is 286 g/mol. The molecule has 86 valence electrons. The molecule has 0 heterocycles. The number of carbonyl (C=O) groups excluding carboxylic acids is 1. The Morgan fingerprint density at radius 3 is 2.56 bits per heavy atom. The zero-order valence-corrected chi connectivity index (χ0v) is 10.5. The summed E-state index contributed by atoms with van der Waals surface area (Å²) in [7, 11) is 0. The molecule has 1 atom stereocenters. The second kappa shape index (κ2) is 5.12. The van der Waals surface area contributed by atoms with Gasteiger partial charge in [0.2, 0.25) is 0 Å². The van der Waals surface area contributed by atoms with Gasteiger partial charge in [0.25, 0.3) is 5.91 Å². The van der Waals surface area contributed by atoms with Crippen LogP contribution in [0.4, 0.5) is 0 Å². The minimum atomic E-state index is -1.05. The Hall–Kier alpha value is -1.36. The van der Waals surface area contributed by atoms with Crippen molar-refractivity contribution in [2.24, 2.45) is 0 Å². The number of hydrogen-bond donors (Lipinski definition) is 2. The van der Waals surface area contributed by atoms with E-state index in [9.17, 15) is 9.59 Å². The number of aliphatic carboxylic acids is 1. The molecular formula is C11H12BrNO3. The van der Waals surface area contributed by atoms with Crippen molar-refractivity contribution in [1.29, 1.82) is 0 Å². The summed E-state index contributed by atoms with van der Waals surface area (Å²) >= 11 is 3.29. The van der Waals surface area contributed by atoms with E-state index in [1.54, 1.807) is 25.1 Å². The van der Waals surface area contributed by atoms with Gasteiger partial charge >= 0.3 is 5.97 Å². The van der Waals surface area contributed by atoms with E-state index < -0.39 is 12.0 Å². The van der Waals surface area contributed by atoms with Gasteiger partial charge in [-0.15, -0.1) is 0 Å². The van der Waals surface area contributed by atoms with Gasteiger partial charge in [-0.2, -0.15) is 0 Å². The third kappa shape index (κ3) is 3.06. The van der Waals surface area contributed by atoms with Gasteiger partial charge in [0, 0.05) is 10.0 Å². The molecule has 1 unspecified atom stereocenters. The number of carbonyl (C=O) groups is 2. The fourth-order valence-electron chi connectivity index (χ4n) is 1.22. The summed E-state index contributed by atoms with van der Waals surface area (Å²) in [5.74, 6) is -1.43. The third-order valence-corrected chi connectivity index (χ3v) is 2.64. The molecule has 5 heteroatoms. The lowest BCUT2D eigenvalue weighted by Crippen LogP contribution is -2.38. The molecule has 0 bridgehead atoms. The number of amides is 1. The highest BCUT2D eigenvalue weighted by Crippen LogP contribution is 2.15. The van der Waals surface area contributed by atoms with Gasteiger partial charge in [0.05, 0.1) is 0 Å². The zero-order valence-electron chi connectivity index (χ0n) is 8.95. The molecule has 0 aromatic heterocycles. The van der Waals surface area contributed by atoms with Gasteiger partial charge in [-0.25, -0.2) is 0 Å². The van der Waals surface area contributed by atoms with E-state index in [2.05, 4.69) is 21.2 Å². The van der Waals surface area contributed by atoms with Crippen molar-refractivity contribution in [2.75, 3.05) is 0 Å². The summed E-state index contributed by atoms with van der Waals surface area (Å²) in [6.07, 6.45) is 0. The minimum absolute atomic E-state index is 0.375. The number of hydrogen-bond acceptors (Lipinski definition) is 2. The maximum atomic E-state index is 11.7. The molecule has 0 aliphatic heterocycles. The van der Waals surface area contributed by atoms with E-state index in [0.29, 0.717) is 5.56 Å². The average Bonchev–Trinajstić information content (AvgIpc) is 2.16. The Bertz CT molecular complexity index is 431. The summed E-state index contributed by atoms with van der Waals surface area (Å²) in [4.78, 5) is 22.3. The van der Waals surface area contributed by atoms with Crippen LogP contribution in [0.5, 0.6) is 0 Å². The van der Waals surface area contributed by atoms with Crippen LogP contribution in [0.15, 0.2) is 22.7 Å². The van der Waals surface area contributed by atoms with Crippen LogP contribution in [0.25, 0.3) is 0 Å². The molecule has 16 heavy (non-hydrogen) atoms. The Kier molecular flexibility index (Phi) is 4.06. The first-order valence-corrected chi connectivity index (χ1v) is 5.51. The first-order valence-electron chi connectivity index (χ1n) is 4.71. The van der Waals surface area contributed by atoms with Crippen molar-refractivity contribution in [2.45, 2.75) is 19.9 Å². The van der Waals surface area contributed by atoms with E-state index in [4.69, 9.17) is 5.11 Å². The molecule has 1 aromatic carbocycles. The van der Waals surface area contributed by atoms with Crippen molar-refractivity contribution in [3.63, 3.8) is 0 Å². The number of nitrogens with one attached hydrogen (secondary N) is 1. The molecule has 0 saturated carbocycles. The van der Waals surface area contributed by atoms with Crippen LogP contribution in [0.1, 0.15) is 22.8 Å². The lowest BCUT2D eigenvalue weighted by Gasteiger charge is -2.11. The standard InChI is InChI=1S/C11H12BrNO3/c1-6-5-8(12)3-4-9(6)10(14)13-7(2)11(15)16/h3-5,7H,1-2H3,(H,13,14)(H,15,16). The number of halogens is 1. The molecule has 1 aromatic rings. The molecule has 0 spiro atoms. The largest absolute Gasteiger partial charge is 0.480 e. The van der Waals surface area contributed by atoms with E-state index in [1.165, 1.54) is 6.92 Å². The number of carboxylic acids is 1. The molecule has 0 aliphatic rings. The molecule has 1 rings (SSSR count). The van der Waals surface area contributed by atoms with Gasteiger partial charge in [0.15, 0.2) is 0 Å². The quantitative estimate of drug-likeness (QED) is 0.892. The van der Waals surface area contributed by atoms with E-state index in [-0.39, 0.29) is 5.91 Å². The first kappa shape index (κ1) is 12.7. The number of aryl methyl sites for hydroxylation is 1. The summed E-state index contributed by atoms with van der Waals surface area (Å²) < 4.78 is 0.882. The van der Waals surface area contributed by atoms with Crippen molar-refractivity contribution in [3.05, 3.63) is 33.8 Å². The van der Waals surface area contributed by atoms with Crippen molar-refractivity contribution in [1.82, 2.24) is 5.32 Å². The highest BCUT2D eigenvalue weighted by molar-refractivity contribution is 9.10. The molecule has 4 nitrogen and oxygen atoms in total. The number of carboxylic acid groups (broad SMARTS) is 1. The molecule has 1 amide bonds. The fourth-order valence-corrected chi connectivity index (χ4v) is 1.69. The Morgan fingerprint density at radius 2 is 2.06 bits per heavy atom. The van der Waals surface area contributed by atoms with Crippen LogP contribution in [0, 0.1) is 6.92 Å². The lowest BCUT2D eigenvalue weighted by molar-refractivity contribution is -0.138. The van der Waals surface area contributed by atoms with Crippen LogP contribution in [-0.4, -0.2) is 23.0 Å². The SMILES string of the molecule is Cc1cc(Br)ccc1C(=O)NC(C)C(=O)O. The van der Waals surface area contributed by atoms with Gasteiger partial charge < -0.3 is 10.4 Å². The van der Waals surface area contributed by atoms with Gasteiger partial charge in [-0.3, -0.25) is 9.59 Å². The first-order chi connectivity index (χ1) is 7.41. The second-order valence-electron chi connectivity index (χ2n) is 3.49. The molecule has 0 saturated heterocycles. The molecule has 2 N–H and O–H groups in total. The van der Waals surface area contributed by atoms with Gasteiger partial charge in [-0.05, 0) is 37.6 Å². The van der Waals surface area contributed by atoms with Crippen LogP contribution in [-0.2, 0) is 4.79 Å². The predicted molar refractivity (Wildman–Crippen MR) is 63.4 cm³/mol. The maximum absolute atomic E-state index is 11.7. The normalized spacial score (nSPS) is 11.9. The Balaban J connectivity index is 2.85. The van der Waals surface area contributed by atoms with Crippen molar-refractivity contribution >= 4 is 27.8 Å². The third-order valence-electron chi connectivity index (χ3n) is 2.15. The lowest BCUT2D eigenvalue weighted by atomic mass is 10.1. The van der Waals surface area contributed by atoms with Gasteiger partial charge in [-0.1, -0.05) is 15.9 Å². The van der Waals surface area contributed by atoms with Gasteiger partial charge in [0.1, 0.15) is 6.04 Å². The molecular weight excluding hydrogens is 274 g/mol. The van der Waals surface area contributed by atoms with Crippen LogP contribution < -0.4 is 5.32 Å². The van der Waals surface area contributed by atoms with E-state index in [0.717, 1.165) is 10.0 Å². The Morgan fingerprint density at radius 1 is 1.44 bits per heavy atom. The zero-order chi connectivity index (χ0) is 12.3. The van der Waals surface area contributed by atoms with E-state index in [1.807, 2.05) is 0 Å². The second-order valence-corrected chi connectivity index (χ2v) is 4.41. The summed E-state index contributed by atoms with van der Waals surface area (Å²) in [6, 6.07) is 4.31. The highest BCUT2D eigenvalue weighted by Gasteiger charge is 2.16. The van der Waals surface area contributed by atoms with Crippen molar-refractivity contribution in [3.8, 4) is 0 Å². The fraction of sp³-hybridized carbons (Fsp3) is 0.273. The van der Waals surface area contributed by atoms with Crippen LogP contribution >= 0.6 is 15.9 Å². The maximum Gasteiger partial charge on any atom is 0.325 e. The molecule has 0 aliphatic carbocycles. The minimum Gasteiger partial charge on any atom is -0.480 e. The monoisotopic (exact) mass is 285 g/mol. The van der Waals surface area contributed by atoms with Crippen molar-refractivity contribution < 1.29 is 14.7 Å².